The van der Waals surface area contributed by atoms with Crippen molar-refractivity contribution in [3.05, 3.63) is 82.8 Å². The van der Waals surface area contributed by atoms with E-state index in [-0.39, 0.29) is 22.6 Å². The number of rotatable bonds is 6. The number of carbonyl (C=O) groups is 3. The zero-order valence-corrected chi connectivity index (χ0v) is 16.6. The highest BCUT2D eigenvalue weighted by molar-refractivity contribution is 8.18. The molecule has 30 heavy (non-hydrogen) atoms. The molecule has 1 aliphatic heterocycles. The second-order valence-electron chi connectivity index (χ2n) is 6.67. The van der Waals surface area contributed by atoms with E-state index in [0.29, 0.717) is 11.3 Å². The Balaban J connectivity index is 1.56. The van der Waals surface area contributed by atoms with Crippen molar-refractivity contribution in [2.75, 3.05) is 6.61 Å². The van der Waals surface area contributed by atoms with Crippen LogP contribution in [0, 0.1) is 0 Å². The van der Waals surface area contributed by atoms with Crippen molar-refractivity contribution < 1.29 is 24.2 Å². The van der Waals surface area contributed by atoms with Crippen molar-refractivity contribution in [1.29, 1.82) is 0 Å². The van der Waals surface area contributed by atoms with Crippen molar-refractivity contribution in [2.45, 2.75) is 6.54 Å². The zero-order valence-electron chi connectivity index (χ0n) is 15.8. The molecule has 2 amide bonds. The van der Waals surface area contributed by atoms with Crippen LogP contribution in [0.3, 0.4) is 0 Å². The first kappa shape index (κ1) is 19.7. The highest BCUT2D eigenvalue weighted by atomic mass is 32.2. The van der Waals surface area contributed by atoms with Crippen LogP contribution in [0.2, 0.25) is 0 Å². The Morgan fingerprint density at radius 2 is 1.73 bits per heavy atom. The summed E-state index contributed by atoms with van der Waals surface area (Å²) in [7, 11) is 0. The molecule has 1 N–H and O–H groups in total. The van der Waals surface area contributed by atoms with E-state index in [1.54, 1.807) is 30.3 Å². The number of fused-ring (bicyclic) bond motifs is 1. The summed E-state index contributed by atoms with van der Waals surface area (Å²) in [5.74, 6) is -1.15. The number of carbonyl (C=O) groups excluding carboxylic acids is 2. The van der Waals surface area contributed by atoms with Crippen molar-refractivity contribution >= 4 is 45.7 Å². The first-order valence-electron chi connectivity index (χ1n) is 9.18. The quantitative estimate of drug-likeness (QED) is 0.591. The fraction of sp³-hybridized carbons (Fsp3) is 0.0870. The summed E-state index contributed by atoms with van der Waals surface area (Å²) in [5.41, 5.74) is 1.40. The van der Waals surface area contributed by atoms with Crippen LogP contribution in [0.15, 0.2) is 71.6 Å². The average Bonchev–Trinajstić information content (AvgIpc) is 3.00. The van der Waals surface area contributed by atoms with Gasteiger partial charge in [-0.05, 0) is 46.3 Å². The third-order valence-electron chi connectivity index (χ3n) is 4.58. The number of benzene rings is 3. The van der Waals surface area contributed by atoms with Crippen LogP contribution in [-0.2, 0) is 16.1 Å². The molecule has 4 rings (SSSR count). The Kier molecular flexibility index (Phi) is 5.54. The van der Waals surface area contributed by atoms with Crippen molar-refractivity contribution in [3.8, 4) is 5.75 Å². The van der Waals surface area contributed by atoms with Crippen LogP contribution >= 0.6 is 11.8 Å². The molecular formula is C23H17NO5S. The first-order valence-corrected chi connectivity index (χ1v) is 9.99. The molecule has 6 nitrogen and oxygen atoms in total. The minimum atomic E-state index is -1.10. The van der Waals surface area contributed by atoms with E-state index >= 15 is 0 Å². The number of nitrogens with zero attached hydrogens (tertiary/aromatic N) is 1. The number of amides is 2. The Morgan fingerprint density at radius 3 is 2.53 bits per heavy atom. The second kappa shape index (κ2) is 8.42. The first-order chi connectivity index (χ1) is 14.5. The number of hydrogen-bond acceptors (Lipinski definition) is 5. The summed E-state index contributed by atoms with van der Waals surface area (Å²) in [4.78, 5) is 37.6. The van der Waals surface area contributed by atoms with Gasteiger partial charge in [0.2, 0.25) is 0 Å². The van der Waals surface area contributed by atoms with E-state index < -0.39 is 12.6 Å². The molecule has 1 aliphatic rings. The monoisotopic (exact) mass is 419 g/mol. The molecule has 0 saturated carbocycles. The molecule has 150 valence electrons. The zero-order chi connectivity index (χ0) is 21.1. The lowest BCUT2D eigenvalue weighted by atomic mass is 10.1. The number of ether oxygens (including phenoxy) is 1. The fourth-order valence-corrected chi connectivity index (χ4v) is 4.00. The fourth-order valence-electron chi connectivity index (χ4n) is 3.17. The van der Waals surface area contributed by atoms with Crippen LogP contribution in [0.1, 0.15) is 11.1 Å². The third-order valence-corrected chi connectivity index (χ3v) is 5.49. The predicted molar refractivity (Wildman–Crippen MR) is 115 cm³/mol. The SMILES string of the molecule is O=C(O)COc1ccccc1/C=C1\SC(=O)N(Cc2ccc3ccccc3c2)C1=O. The summed E-state index contributed by atoms with van der Waals surface area (Å²) in [6.07, 6.45) is 1.56. The van der Waals surface area contributed by atoms with Crippen LogP contribution < -0.4 is 4.74 Å². The molecular weight excluding hydrogens is 402 g/mol. The number of hydrogen-bond donors (Lipinski definition) is 1. The summed E-state index contributed by atoms with van der Waals surface area (Å²) in [6.45, 7) is -0.307. The van der Waals surface area contributed by atoms with Gasteiger partial charge < -0.3 is 9.84 Å². The van der Waals surface area contributed by atoms with Gasteiger partial charge in [0, 0.05) is 5.56 Å². The molecule has 0 aromatic heterocycles. The van der Waals surface area contributed by atoms with E-state index in [9.17, 15) is 14.4 Å². The van der Waals surface area contributed by atoms with Crippen LogP contribution in [0.4, 0.5) is 4.79 Å². The predicted octanol–water partition coefficient (Wildman–Crippen LogP) is 4.54. The van der Waals surface area contributed by atoms with Gasteiger partial charge in [-0.3, -0.25) is 14.5 Å². The van der Waals surface area contributed by atoms with Crippen LogP contribution in [-0.4, -0.2) is 33.7 Å². The number of carboxylic acid groups (broad SMARTS) is 1. The molecule has 1 fully saturated rings. The number of aliphatic carboxylic acids is 1. The topological polar surface area (TPSA) is 83.9 Å². The van der Waals surface area contributed by atoms with E-state index in [2.05, 4.69) is 0 Å². The summed E-state index contributed by atoms with van der Waals surface area (Å²) in [6, 6.07) is 20.5. The molecule has 1 saturated heterocycles. The van der Waals surface area contributed by atoms with Crippen LogP contribution in [0.5, 0.6) is 5.75 Å². The maximum Gasteiger partial charge on any atom is 0.341 e. The Morgan fingerprint density at radius 1 is 1.00 bits per heavy atom. The maximum absolute atomic E-state index is 12.8. The Bertz CT molecular complexity index is 1190. The van der Waals surface area contributed by atoms with E-state index in [4.69, 9.17) is 9.84 Å². The molecule has 7 heteroatoms. The minimum absolute atomic E-state index is 0.185. The maximum atomic E-state index is 12.8. The van der Waals surface area contributed by atoms with Gasteiger partial charge in [-0.15, -0.1) is 0 Å². The molecule has 3 aromatic carbocycles. The van der Waals surface area contributed by atoms with Gasteiger partial charge >= 0.3 is 5.97 Å². The average molecular weight is 419 g/mol. The lowest BCUT2D eigenvalue weighted by Gasteiger charge is -2.13. The van der Waals surface area contributed by atoms with Gasteiger partial charge in [0.25, 0.3) is 11.1 Å². The van der Waals surface area contributed by atoms with E-state index in [1.165, 1.54) is 4.90 Å². The summed E-state index contributed by atoms with van der Waals surface area (Å²) in [5, 5.41) is 10.6. The molecule has 0 radical (unpaired) electrons. The minimum Gasteiger partial charge on any atom is -0.481 e. The highest BCUT2D eigenvalue weighted by Gasteiger charge is 2.35. The largest absolute Gasteiger partial charge is 0.481 e. The van der Waals surface area contributed by atoms with Crippen molar-refractivity contribution in [1.82, 2.24) is 4.90 Å². The third kappa shape index (κ3) is 4.21. The van der Waals surface area contributed by atoms with E-state index in [0.717, 1.165) is 28.1 Å². The van der Waals surface area contributed by atoms with Crippen molar-refractivity contribution in [2.24, 2.45) is 0 Å². The molecule has 0 unspecified atom stereocenters. The van der Waals surface area contributed by atoms with Crippen molar-refractivity contribution in [3.63, 3.8) is 0 Å². The molecule has 0 aliphatic carbocycles. The highest BCUT2D eigenvalue weighted by Crippen LogP contribution is 2.35. The van der Waals surface area contributed by atoms with Gasteiger partial charge in [-0.25, -0.2) is 4.79 Å². The van der Waals surface area contributed by atoms with Gasteiger partial charge in [0.1, 0.15) is 5.75 Å². The lowest BCUT2D eigenvalue weighted by molar-refractivity contribution is -0.139. The second-order valence-corrected chi connectivity index (χ2v) is 7.66. The van der Waals surface area contributed by atoms with Gasteiger partial charge in [-0.2, -0.15) is 0 Å². The standard InChI is InChI=1S/C23H17NO5S/c25-21(26)14-29-19-8-4-3-7-18(19)12-20-22(27)24(23(28)30-20)13-15-9-10-16-5-1-2-6-17(16)11-15/h1-12H,13-14H2,(H,25,26)/b20-12-. The van der Waals surface area contributed by atoms with Crippen LogP contribution in [0.25, 0.3) is 16.8 Å². The summed E-state index contributed by atoms with van der Waals surface area (Å²) < 4.78 is 5.27. The number of thioether (sulfide) groups is 1. The number of imide groups is 1. The molecule has 1 heterocycles. The molecule has 0 spiro atoms. The molecule has 0 atom stereocenters. The molecule has 3 aromatic rings. The van der Waals surface area contributed by atoms with Gasteiger partial charge in [-0.1, -0.05) is 54.6 Å². The molecule has 0 bridgehead atoms. The lowest BCUT2D eigenvalue weighted by Crippen LogP contribution is -2.27. The number of para-hydroxylation sites is 1. The van der Waals surface area contributed by atoms with E-state index in [1.807, 2.05) is 42.5 Å². The van der Waals surface area contributed by atoms with Gasteiger partial charge in [0.15, 0.2) is 6.61 Å². The summed E-state index contributed by atoms with van der Waals surface area (Å²) >= 11 is 0.859. The van der Waals surface area contributed by atoms with Gasteiger partial charge in [0.05, 0.1) is 11.4 Å². The Hall–Kier alpha value is -3.58. The normalized spacial score (nSPS) is 15.2. The Labute approximate surface area is 176 Å². The number of carboxylic acids is 1. The smallest absolute Gasteiger partial charge is 0.341 e.